The highest BCUT2D eigenvalue weighted by atomic mass is 32.2. The van der Waals surface area contributed by atoms with Crippen LogP contribution in [0, 0.1) is 0 Å². The molecule has 3 aromatic rings. The van der Waals surface area contributed by atoms with Crippen molar-refractivity contribution in [1.82, 2.24) is 25.2 Å². The molecule has 1 saturated carbocycles. The molecule has 12 heteroatoms. The monoisotopic (exact) mass is 506 g/mol. The van der Waals surface area contributed by atoms with Crippen molar-refractivity contribution in [3.05, 3.63) is 29.3 Å². The summed E-state index contributed by atoms with van der Waals surface area (Å²) in [7, 11) is -3.74. The summed E-state index contributed by atoms with van der Waals surface area (Å²) >= 11 is 0.784. The summed E-state index contributed by atoms with van der Waals surface area (Å²) in [6.45, 7) is 3.60. The minimum atomic E-state index is -3.74. The first-order valence-corrected chi connectivity index (χ1v) is 13.6. The molecule has 3 fully saturated rings. The van der Waals surface area contributed by atoms with Gasteiger partial charge in [-0.1, -0.05) is 17.4 Å². The van der Waals surface area contributed by atoms with Crippen LogP contribution in [-0.4, -0.2) is 54.3 Å². The minimum absolute atomic E-state index is 0.116. The van der Waals surface area contributed by atoms with Crippen LogP contribution in [0.4, 0.5) is 14.6 Å². The highest BCUT2D eigenvalue weighted by molar-refractivity contribution is 7.89. The summed E-state index contributed by atoms with van der Waals surface area (Å²) in [5.74, 6) is 0.754. The second kappa shape index (κ2) is 7.87. The molecule has 1 aromatic carbocycles. The SMILES string of the molecule is CC1(NS(=O)(=O)c2ccc3cc(N4C5CCC4CNC5)nc(-c4nnc(C(F)F)s4)c3c2)CC1. The molecule has 180 valence electrons. The molecule has 2 aromatic heterocycles. The molecule has 4 heterocycles. The van der Waals surface area contributed by atoms with Gasteiger partial charge >= 0.3 is 0 Å². The van der Waals surface area contributed by atoms with Crippen LogP contribution in [0.1, 0.15) is 44.0 Å². The fourth-order valence-corrected chi connectivity index (χ4v) is 7.11. The fourth-order valence-electron chi connectivity index (χ4n) is 4.92. The molecule has 8 nitrogen and oxygen atoms in total. The number of nitrogens with zero attached hydrogens (tertiary/aromatic N) is 4. The molecular weight excluding hydrogens is 482 g/mol. The van der Waals surface area contributed by atoms with Crippen molar-refractivity contribution < 1.29 is 17.2 Å². The maximum atomic E-state index is 13.3. The van der Waals surface area contributed by atoms with Gasteiger partial charge in [-0.25, -0.2) is 26.9 Å². The summed E-state index contributed by atoms with van der Waals surface area (Å²) in [4.78, 5) is 7.28. The molecule has 34 heavy (non-hydrogen) atoms. The lowest BCUT2D eigenvalue weighted by molar-refractivity contribution is 0.150. The van der Waals surface area contributed by atoms with Crippen molar-refractivity contribution in [1.29, 1.82) is 0 Å². The molecule has 6 rings (SSSR count). The third kappa shape index (κ3) is 3.86. The Balaban J connectivity index is 1.50. The third-order valence-corrected chi connectivity index (χ3v) is 9.53. The van der Waals surface area contributed by atoms with E-state index in [-0.39, 0.29) is 14.9 Å². The summed E-state index contributed by atoms with van der Waals surface area (Å²) < 4.78 is 55.3. The number of hydrogen-bond acceptors (Lipinski definition) is 8. The Morgan fingerprint density at radius 3 is 2.56 bits per heavy atom. The first-order chi connectivity index (χ1) is 16.2. The van der Waals surface area contributed by atoms with Crippen molar-refractivity contribution >= 4 is 38.0 Å². The first kappa shape index (κ1) is 22.2. The van der Waals surface area contributed by atoms with Gasteiger partial charge in [-0.2, -0.15) is 0 Å². The molecule has 0 amide bonds. The molecular formula is C22H24F2N6O2S2. The number of nitrogens with one attached hydrogen (secondary N) is 2. The largest absolute Gasteiger partial charge is 0.348 e. The van der Waals surface area contributed by atoms with Gasteiger partial charge in [0.05, 0.1) is 4.90 Å². The van der Waals surface area contributed by atoms with E-state index in [1.54, 1.807) is 18.2 Å². The number of benzene rings is 1. The molecule has 2 saturated heterocycles. The predicted molar refractivity (Wildman–Crippen MR) is 126 cm³/mol. The van der Waals surface area contributed by atoms with Gasteiger partial charge < -0.3 is 10.2 Å². The van der Waals surface area contributed by atoms with E-state index in [4.69, 9.17) is 4.98 Å². The van der Waals surface area contributed by atoms with Gasteiger partial charge in [-0.05, 0) is 56.2 Å². The van der Waals surface area contributed by atoms with E-state index in [0.29, 0.717) is 23.2 Å². The van der Waals surface area contributed by atoms with Crippen LogP contribution in [-0.2, 0) is 10.0 Å². The number of piperazine rings is 1. The molecule has 3 aliphatic rings. The van der Waals surface area contributed by atoms with Gasteiger partial charge in [0.25, 0.3) is 6.43 Å². The van der Waals surface area contributed by atoms with Crippen molar-refractivity contribution in [3.8, 4) is 10.7 Å². The van der Waals surface area contributed by atoms with E-state index < -0.39 is 22.0 Å². The van der Waals surface area contributed by atoms with Gasteiger partial charge in [-0.3, -0.25) is 0 Å². The number of alkyl halides is 2. The van der Waals surface area contributed by atoms with Gasteiger partial charge in [0.1, 0.15) is 11.5 Å². The van der Waals surface area contributed by atoms with Crippen molar-refractivity contribution in [2.45, 2.75) is 61.6 Å². The molecule has 2 unspecified atom stereocenters. The van der Waals surface area contributed by atoms with Gasteiger partial charge in [0.15, 0.2) is 10.0 Å². The molecule has 2 bridgehead atoms. The Morgan fingerprint density at radius 2 is 1.91 bits per heavy atom. The van der Waals surface area contributed by atoms with E-state index in [9.17, 15) is 17.2 Å². The van der Waals surface area contributed by atoms with E-state index in [2.05, 4.69) is 25.1 Å². The van der Waals surface area contributed by atoms with Crippen molar-refractivity contribution in [3.63, 3.8) is 0 Å². The van der Waals surface area contributed by atoms with Gasteiger partial charge in [0, 0.05) is 36.1 Å². The zero-order chi connectivity index (χ0) is 23.7. The minimum Gasteiger partial charge on any atom is -0.348 e. The highest BCUT2D eigenvalue weighted by Gasteiger charge is 2.41. The van der Waals surface area contributed by atoms with Crippen molar-refractivity contribution in [2.75, 3.05) is 18.0 Å². The van der Waals surface area contributed by atoms with Crippen LogP contribution in [0.15, 0.2) is 29.2 Å². The zero-order valence-corrected chi connectivity index (χ0v) is 20.1. The number of rotatable bonds is 6. The van der Waals surface area contributed by atoms with Gasteiger partial charge in [0.2, 0.25) is 10.0 Å². The van der Waals surface area contributed by atoms with Gasteiger partial charge in [-0.15, -0.1) is 10.2 Å². The Morgan fingerprint density at radius 1 is 1.18 bits per heavy atom. The average Bonchev–Trinajstić information content (AvgIpc) is 3.21. The van der Waals surface area contributed by atoms with Crippen LogP contribution in [0.25, 0.3) is 21.5 Å². The highest BCUT2D eigenvalue weighted by Crippen LogP contribution is 2.40. The van der Waals surface area contributed by atoms with Crippen molar-refractivity contribution in [2.24, 2.45) is 0 Å². The molecule has 2 N–H and O–H groups in total. The number of pyridine rings is 1. The molecule has 2 atom stereocenters. The first-order valence-electron chi connectivity index (χ1n) is 11.3. The summed E-state index contributed by atoms with van der Waals surface area (Å²) in [5.41, 5.74) is -0.0318. The quantitative estimate of drug-likeness (QED) is 0.528. The Kier molecular flexibility index (Phi) is 5.14. The van der Waals surface area contributed by atoms with Crippen LogP contribution in [0.5, 0.6) is 0 Å². The number of fused-ring (bicyclic) bond motifs is 3. The number of sulfonamides is 1. The maximum absolute atomic E-state index is 13.3. The second-order valence-corrected chi connectivity index (χ2v) is 12.3. The topological polar surface area (TPSA) is 100 Å². The lowest BCUT2D eigenvalue weighted by atomic mass is 10.1. The van der Waals surface area contributed by atoms with E-state index in [1.807, 2.05) is 13.0 Å². The zero-order valence-electron chi connectivity index (χ0n) is 18.5. The molecule has 0 spiro atoms. The Hall–Kier alpha value is -2.28. The van der Waals surface area contributed by atoms with E-state index in [1.165, 1.54) is 0 Å². The average molecular weight is 507 g/mol. The molecule has 1 aliphatic carbocycles. The van der Waals surface area contributed by atoms with E-state index in [0.717, 1.165) is 61.3 Å². The second-order valence-electron chi connectivity index (χ2n) is 9.57. The molecule has 0 radical (unpaired) electrons. The summed E-state index contributed by atoms with van der Waals surface area (Å²) in [6.07, 6.45) is 0.976. The van der Waals surface area contributed by atoms with Crippen LogP contribution in [0.3, 0.4) is 0 Å². The lowest BCUT2D eigenvalue weighted by Crippen LogP contribution is -2.52. The lowest BCUT2D eigenvalue weighted by Gasteiger charge is -2.36. The summed E-state index contributed by atoms with van der Waals surface area (Å²) in [6, 6.07) is 7.48. The maximum Gasteiger partial charge on any atom is 0.291 e. The van der Waals surface area contributed by atoms with Crippen LogP contribution in [0.2, 0.25) is 0 Å². The van der Waals surface area contributed by atoms with E-state index >= 15 is 0 Å². The normalized spacial score (nSPS) is 23.7. The Bertz CT molecular complexity index is 1360. The van der Waals surface area contributed by atoms with Crippen LogP contribution < -0.4 is 14.9 Å². The number of aromatic nitrogens is 3. The number of anilines is 1. The Labute approximate surface area is 199 Å². The predicted octanol–water partition coefficient (Wildman–Crippen LogP) is 3.46. The smallest absolute Gasteiger partial charge is 0.291 e. The summed E-state index contributed by atoms with van der Waals surface area (Å²) in [5, 5.41) is 12.3. The fraction of sp³-hybridized carbons (Fsp3) is 0.500. The number of hydrogen-bond donors (Lipinski definition) is 2. The van der Waals surface area contributed by atoms with Crippen LogP contribution >= 0.6 is 11.3 Å². The molecule has 2 aliphatic heterocycles. The third-order valence-electron chi connectivity index (χ3n) is 6.96. The number of halogens is 2. The standard InChI is InChI=1S/C22H24F2N6O2S2/c1-22(6-7-22)29-34(31,32)15-5-2-12-8-17(30-13-3-4-14(30)11-25-10-13)26-18(16(12)9-15)20-27-28-21(33-20)19(23)24/h2,5,8-9,13-14,19,25,29H,3-4,6-7,10-11H2,1H3.